The Morgan fingerprint density at radius 3 is 2.53 bits per heavy atom. The van der Waals surface area contributed by atoms with Crippen LogP contribution in [0.4, 0.5) is 13.2 Å². The van der Waals surface area contributed by atoms with E-state index in [-0.39, 0.29) is 36.9 Å². The first-order valence-electron chi connectivity index (χ1n) is 10.00. The third-order valence-corrected chi connectivity index (χ3v) is 5.25. The summed E-state index contributed by atoms with van der Waals surface area (Å²) in [5.41, 5.74) is 0.104. The zero-order valence-electron chi connectivity index (χ0n) is 16.9. The lowest BCUT2D eigenvalue weighted by molar-refractivity contribution is -0.137. The summed E-state index contributed by atoms with van der Waals surface area (Å²) in [6.45, 7) is 0.559. The average molecular weight is 447 g/mol. The molecule has 7 nitrogen and oxygen atoms in total. The fraction of sp³-hybridized carbons (Fsp3) is 0.318. The van der Waals surface area contributed by atoms with Crippen LogP contribution < -0.4 is 4.74 Å². The number of halogens is 3. The van der Waals surface area contributed by atoms with E-state index in [2.05, 4.69) is 10.1 Å². The van der Waals surface area contributed by atoms with Gasteiger partial charge in [-0.05, 0) is 61.4 Å². The fourth-order valence-electron chi connectivity index (χ4n) is 3.53. The van der Waals surface area contributed by atoms with Gasteiger partial charge < -0.3 is 19.3 Å². The van der Waals surface area contributed by atoms with Crippen LogP contribution in [0.5, 0.6) is 5.75 Å². The Labute approximate surface area is 181 Å². The third-order valence-electron chi connectivity index (χ3n) is 5.25. The van der Waals surface area contributed by atoms with Gasteiger partial charge in [-0.25, -0.2) is 0 Å². The Bertz CT molecular complexity index is 1070. The second-order valence-electron chi connectivity index (χ2n) is 7.38. The van der Waals surface area contributed by atoms with Crippen LogP contribution >= 0.6 is 0 Å². The highest BCUT2D eigenvalue weighted by molar-refractivity contribution is 5.94. The van der Waals surface area contributed by atoms with Gasteiger partial charge >= 0.3 is 6.18 Å². The standard InChI is InChI=1S/C22H20F3N3O4/c23-22(24,25)16-7-3-14(4-8-16)20-26-19(27-32-20)13-31-18-9-5-15(6-10-18)21(30)28-11-1-2-17(28)12-29/h3-10,17,29H,1-2,11-13H2/t17-/m0/s1. The molecular formula is C22H20F3N3O4. The minimum Gasteiger partial charge on any atom is -0.485 e. The number of aliphatic hydroxyl groups is 1. The molecule has 1 aliphatic heterocycles. The number of nitrogens with zero attached hydrogens (tertiary/aromatic N) is 3. The number of amides is 1. The maximum Gasteiger partial charge on any atom is 0.416 e. The van der Waals surface area contributed by atoms with E-state index in [0.29, 0.717) is 23.4 Å². The van der Waals surface area contributed by atoms with Gasteiger partial charge in [0.25, 0.3) is 11.8 Å². The maximum atomic E-state index is 12.7. The van der Waals surface area contributed by atoms with E-state index in [9.17, 15) is 23.1 Å². The van der Waals surface area contributed by atoms with Crippen molar-refractivity contribution in [2.45, 2.75) is 31.7 Å². The molecule has 0 radical (unpaired) electrons. The van der Waals surface area contributed by atoms with Gasteiger partial charge in [0.05, 0.1) is 18.2 Å². The quantitative estimate of drug-likeness (QED) is 0.616. The molecule has 0 saturated carbocycles. The number of aromatic nitrogens is 2. The second kappa shape index (κ2) is 8.99. The van der Waals surface area contributed by atoms with Crippen molar-refractivity contribution in [2.75, 3.05) is 13.2 Å². The average Bonchev–Trinajstić information content (AvgIpc) is 3.46. The Balaban J connectivity index is 1.35. The van der Waals surface area contributed by atoms with Crippen LogP contribution in [0.25, 0.3) is 11.5 Å². The summed E-state index contributed by atoms with van der Waals surface area (Å²) in [4.78, 5) is 18.4. The summed E-state index contributed by atoms with van der Waals surface area (Å²) in [5.74, 6) is 0.667. The lowest BCUT2D eigenvalue weighted by Crippen LogP contribution is -2.37. The molecule has 1 fully saturated rings. The summed E-state index contributed by atoms with van der Waals surface area (Å²) in [5, 5.41) is 13.2. The molecular weight excluding hydrogens is 427 g/mol. The minimum atomic E-state index is -4.42. The molecule has 3 aromatic rings. The summed E-state index contributed by atoms with van der Waals surface area (Å²) in [6, 6.07) is 10.9. The number of rotatable bonds is 6. The normalized spacial score (nSPS) is 16.4. The topological polar surface area (TPSA) is 88.7 Å². The van der Waals surface area contributed by atoms with E-state index in [1.54, 1.807) is 29.2 Å². The molecule has 1 N–H and O–H groups in total. The zero-order chi connectivity index (χ0) is 22.7. The number of carbonyl (C=O) groups excluding carboxylic acids is 1. The largest absolute Gasteiger partial charge is 0.485 e. The lowest BCUT2D eigenvalue weighted by atomic mass is 10.1. The van der Waals surface area contributed by atoms with Crippen molar-refractivity contribution in [3.63, 3.8) is 0 Å². The first kappa shape index (κ1) is 21.8. The highest BCUT2D eigenvalue weighted by Crippen LogP contribution is 2.30. The van der Waals surface area contributed by atoms with Crippen molar-refractivity contribution in [1.29, 1.82) is 0 Å². The van der Waals surface area contributed by atoms with Gasteiger partial charge in [-0.1, -0.05) is 5.16 Å². The number of alkyl halides is 3. The van der Waals surface area contributed by atoms with E-state index in [1.165, 1.54) is 12.1 Å². The predicted octanol–water partition coefficient (Wildman–Crippen LogP) is 3.93. The van der Waals surface area contributed by atoms with Gasteiger partial charge in [0.15, 0.2) is 6.61 Å². The summed E-state index contributed by atoms with van der Waals surface area (Å²) in [7, 11) is 0. The summed E-state index contributed by atoms with van der Waals surface area (Å²) in [6.07, 6.45) is -2.75. The van der Waals surface area contributed by atoms with Gasteiger partial charge in [0.1, 0.15) is 5.75 Å². The maximum absolute atomic E-state index is 12.7. The molecule has 2 aromatic carbocycles. The van der Waals surface area contributed by atoms with Crippen molar-refractivity contribution >= 4 is 5.91 Å². The molecule has 1 aliphatic rings. The van der Waals surface area contributed by atoms with Crippen molar-refractivity contribution in [3.05, 3.63) is 65.5 Å². The molecule has 4 rings (SSSR count). The number of hydrogen-bond donors (Lipinski definition) is 1. The monoisotopic (exact) mass is 447 g/mol. The van der Waals surface area contributed by atoms with E-state index in [4.69, 9.17) is 9.26 Å². The van der Waals surface area contributed by atoms with Crippen LogP contribution in [0.1, 0.15) is 34.6 Å². The van der Waals surface area contributed by atoms with Gasteiger partial charge in [0, 0.05) is 17.7 Å². The van der Waals surface area contributed by atoms with Crippen LogP contribution in [0, 0.1) is 0 Å². The van der Waals surface area contributed by atoms with Crippen molar-refractivity contribution in [3.8, 4) is 17.2 Å². The fourth-order valence-corrected chi connectivity index (χ4v) is 3.53. The highest BCUT2D eigenvalue weighted by Gasteiger charge is 2.30. The van der Waals surface area contributed by atoms with E-state index < -0.39 is 11.7 Å². The number of likely N-dealkylation sites (tertiary alicyclic amines) is 1. The van der Waals surface area contributed by atoms with Gasteiger partial charge in [-0.2, -0.15) is 18.2 Å². The molecule has 0 bridgehead atoms. The van der Waals surface area contributed by atoms with Crippen molar-refractivity contribution in [1.82, 2.24) is 15.0 Å². The number of carbonyl (C=O) groups is 1. The van der Waals surface area contributed by atoms with Gasteiger partial charge in [0.2, 0.25) is 5.82 Å². The highest BCUT2D eigenvalue weighted by atomic mass is 19.4. The molecule has 2 heterocycles. The van der Waals surface area contributed by atoms with Crippen LogP contribution in [-0.2, 0) is 12.8 Å². The molecule has 1 atom stereocenters. The molecule has 10 heteroatoms. The Hall–Kier alpha value is -3.40. The second-order valence-corrected chi connectivity index (χ2v) is 7.38. The number of ether oxygens (including phenoxy) is 1. The van der Waals surface area contributed by atoms with E-state index in [1.807, 2.05) is 0 Å². The zero-order valence-corrected chi connectivity index (χ0v) is 16.9. The molecule has 168 valence electrons. The number of benzene rings is 2. The lowest BCUT2D eigenvalue weighted by Gasteiger charge is -2.23. The predicted molar refractivity (Wildman–Crippen MR) is 107 cm³/mol. The first-order chi connectivity index (χ1) is 15.3. The smallest absolute Gasteiger partial charge is 0.416 e. The minimum absolute atomic E-state index is 0.0177. The van der Waals surface area contributed by atoms with Crippen LogP contribution in [0.3, 0.4) is 0 Å². The molecule has 1 amide bonds. The van der Waals surface area contributed by atoms with Crippen LogP contribution in [0.15, 0.2) is 53.1 Å². The number of hydrogen-bond acceptors (Lipinski definition) is 6. The Kier molecular flexibility index (Phi) is 6.13. The molecule has 0 spiro atoms. The Morgan fingerprint density at radius 2 is 1.88 bits per heavy atom. The molecule has 32 heavy (non-hydrogen) atoms. The van der Waals surface area contributed by atoms with Gasteiger partial charge in [-0.3, -0.25) is 4.79 Å². The Morgan fingerprint density at radius 1 is 1.16 bits per heavy atom. The van der Waals surface area contributed by atoms with E-state index >= 15 is 0 Å². The molecule has 0 unspecified atom stereocenters. The SMILES string of the molecule is O=C(c1ccc(OCc2noc(-c3ccc(C(F)(F)F)cc3)n2)cc1)N1CCC[C@H]1CO. The molecule has 0 aliphatic carbocycles. The van der Waals surface area contributed by atoms with Crippen LogP contribution in [-0.4, -0.2) is 45.2 Å². The van der Waals surface area contributed by atoms with E-state index in [0.717, 1.165) is 25.0 Å². The number of aliphatic hydroxyl groups excluding tert-OH is 1. The summed E-state index contributed by atoms with van der Waals surface area (Å²) >= 11 is 0. The first-order valence-corrected chi connectivity index (χ1v) is 10.00. The van der Waals surface area contributed by atoms with Gasteiger partial charge in [-0.15, -0.1) is 0 Å². The summed E-state index contributed by atoms with van der Waals surface area (Å²) < 4.78 is 48.7. The van der Waals surface area contributed by atoms with Crippen molar-refractivity contribution in [2.24, 2.45) is 0 Å². The molecule has 1 aromatic heterocycles. The van der Waals surface area contributed by atoms with Crippen molar-refractivity contribution < 1.29 is 32.3 Å². The third kappa shape index (κ3) is 4.75. The van der Waals surface area contributed by atoms with Crippen LogP contribution in [0.2, 0.25) is 0 Å². The molecule has 1 saturated heterocycles.